The molecule has 2 N–H and O–H groups in total. The summed E-state index contributed by atoms with van der Waals surface area (Å²) in [6.07, 6.45) is 1.24. The van der Waals surface area contributed by atoms with Crippen LogP contribution in [0.4, 0.5) is 4.39 Å². The third kappa shape index (κ3) is 2.03. The van der Waals surface area contributed by atoms with Gasteiger partial charge in [0.15, 0.2) is 5.79 Å². The second-order valence-corrected chi connectivity index (χ2v) is 5.19. The Labute approximate surface area is 111 Å². The molecule has 1 aliphatic carbocycles. The summed E-state index contributed by atoms with van der Waals surface area (Å²) in [6.45, 7) is 0.423. The Morgan fingerprint density at radius 1 is 1.33 bits per heavy atom. The average molecular weight is 274 g/mol. The second kappa shape index (κ2) is 4.78. The molecule has 3 nitrogen and oxygen atoms in total. The van der Waals surface area contributed by atoms with E-state index in [4.69, 9.17) is 26.8 Å². The largest absolute Gasteiger partial charge is 0.353 e. The van der Waals surface area contributed by atoms with Crippen LogP contribution >= 0.6 is 11.6 Å². The smallest absolute Gasteiger partial charge is 0.169 e. The van der Waals surface area contributed by atoms with Gasteiger partial charge in [-0.15, -0.1) is 0 Å². The van der Waals surface area contributed by atoms with Crippen molar-refractivity contribution in [1.29, 1.82) is 0 Å². The van der Waals surface area contributed by atoms with Gasteiger partial charge < -0.3 is 15.2 Å². The van der Waals surface area contributed by atoms with Gasteiger partial charge in [0.05, 0.1) is 0 Å². The normalized spacial score (nSPS) is 20.5. The van der Waals surface area contributed by atoms with Gasteiger partial charge in [-0.25, -0.2) is 4.39 Å². The van der Waals surface area contributed by atoms with E-state index in [1.807, 2.05) is 0 Å². The number of nitrogens with two attached hydrogens (primary N) is 1. The minimum atomic E-state index is -0.600. The molecule has 0 radical (unpaired) electrons. The molecule has 5 heteroatoms. The molecule has 0 bridgehead atoms. The van der Waals surface area contributed by atoms with E-state index in [-0.39, 0.29) is 11.2 Å². The lowest BCUT2D eigenvalue weighted by Gasteiger charge is -2.54. The summed E-state index contributed by atoms with van der Waals surface area (Å²) in [5.74, 6) is -0.947. The Morgan fingerprint density at radius 2 is 1.94 bits per heavy atom. The highest BCUT2D eigenvalue weighted by Crippen LogP contribution is 2.53. The number of ether oxygens (including phenoxy) is 2. The number of hydrogen-bond acceptors (Lipinski definition) is 3. The van der Waals surface area contributed by atoms with Crippen molar-refractivity contribution in [1.82, 2.24) is 0 Å². The van der Waals surface area contributed by atoms with Gasteiger partial charge in [-0.2, -0.15) is 0 Å². The lowest BCUT2D eigenvalue weighted by Crippen LogP contribution is -2.60. The van der Waals surface area contributed by atoms with Crippen LogP contribution in [0.3, 0.4) is 0 Å². The molecule has 1 saturated carbocycles. The summed E-state index contributed by atoms with van der Waals surface area (Å²) in [5, 5.41) is 0.404. The van der Waals surface area contributed by atoms with Gasteiger partial charge in [-0.3, -0.25) is 0 Å². The van der Waals surface area contributed by atoms with Crippen molar-refractivity contribution in [2.45, 2.75) is 24.0 Å². The van der Waals surface area contributed by atoms with Crippen LogP contribution in [0.2, 0.25) is 5.02 Å². The Balaban J connectivity index is 2.31. The molecular weight excluding hydrogens is 257 g/mol. The summed E-state index contributed by atoms with van der Waals surface area (Å²) >= 11 is 6.11. The van der Waals surface area contributed by atoms with E-state index in [2.05, 4.69) is 0 Å². The summed E-state index contributed by atoms with van der Waals surface area (Å²) < 4.78 is 23.8. The topological polar surface area (TPSA) is 44.5 Å². The Hall–Kier alpha value is -0.680. The Bertz CT molecular complexity index is 441. The van der Waals surface area contributed by atoms with E-state index in [0.717, 1.165) is 5.56 Å². The van der Waals surface area contributed by atoms with E-state index >= 15 is 0 Å². The quantitative estimate of drug-likeness (QED) is 0.857. The maximum Gasteiger partial charge on any atom is 0.169 e. The van der Waals surface area contributed by atoms with Crippen LogP contribution in [0.25, 0.3) is 0 Å². The maximum absolute atomic E-state index is 13.1. The molecule has 1 fully saturated rings. The molecule has 0 aromatic heterocycles. The van der Waals surface area contributed by atoms with Crippen molar-refractivity contribution >= 4 is 11.6 Å². The molecular formula is C13H17ClFNO2. The monoisotopic (exact) mass is 273 g/mol. The first-order valence-corrected chi connectivity index (χ1v) is 6.14. The lowest BCUT2D eigenvalue weighted by molar-refractivity contribution is -0.277. The van der Waals surface area contributed by atoms with Crippen LogP contribution in [-0.2, 0) is 14.9 Å². The van der Waals surface area contributed by atoms with Gasteiger partial charge in [-0.05, 0) is 17.7 Å². The summed E-state index contributed by atoms with van der Waals surface area (Å²) in [5.41, 5.74) is 6.44. The summed E-state index contributed by atoms with van der Waals surface area (Å²) in [4.78, 5) is 0. The Kier molecular flexibility index (Phi) is 3.65. The summed E-state index contributed by atoms with van der Waals surface area (Å²) in [6, 6.07) is 4.41. The molecule has 100 valence electrons. The van der Waals surface area contributed by atoms with E-state index < -0.39 is 5.79 Å². The molecule has 1 aliphatic rings. The first-order chi connectivity index (χ1) is 8.51. The minimum absolute atomic E-state index is 0.295. The van der Waals surface area contributed by atoms with Crippen LogP contribution in [-0.4, -0.2) is 26.6 Å². The van der Waals surface area contributed by atoms with Gasteiger partial charge in [0, 0.05) is 44.0 Å². The zero-order valence-electron chi connectivity index (χ0n) is 10.5. The third-order valence-electron chi connectivity index (χ3n) is 3.85. The van der Waals surface area contributed by atoms with Crippen molar-refractivity contribution in [2.75, 3.05) is 20.8 Å². The van der Waals surface area contributed by atoms with Gasteiger partial charge in [0.2, 0.25) is 0 Å². The highest BCUT2D eigenvalue weighted by molar-refractivity contribution is 6.31. The fraction of sp³-hybridized carbons (Fsp3) is 0.538. The molecule has 0 unspecified atom stereocenters. The summed E-state index contributed by atoms with van der Waals surface area (Å²) in [7, 11) is 3.21. The molecule has 0 aliphatic heterocycles. The van der Waals surface area contributed by atoms with Crippen molar-refractivity contribution in [3.63, 3.8) is 0 Å². The number of benzene rings is 1. The van der Waals surface area contributed by atoms with Crippen LogP contribution in [0.15, 0.2) is 18.2 Å². The average Bonchev–Trinajstić information content (AvgIpc) is 2.31. The Morgan fingerprint density at radius 3 is 2.39 bits per heavy atom. The highest BCUT2D eigenvalue weighted by atomic mass is 35.5. The predicted molar refractivity (Wildman–Crippen MR) is 68.1 cm³/mol. The molecule has 0 saturated heterocycles. The molecule has 1 aromatic carbocycles. The predicted octanol–water partition coefficient (Wildman–Crippen LogP) is 2.46. The standard InChI is InChI=1S/C13H17ClFNO2/c1-17-13(18-2)6-12(7-13,8-16)10-4-3-9(15)5-11(10)14/h3-5H,6-8,16H2,1-2H3. The molecule has 1 aromatic rings. The lowest BCUT2D eigenvalue weighted by atomic mass is 9.60. The van der Waals surface area contributed by atoms with Crippen LogP contribution in [0.1, 0.15) is 18.4 Å². The highest BCUT2D eigenvalue weighted by Gasteiger charge is 2.56. The zero-order chi connectivity index (χ0) is 13.4. The van der Waals surface area contributed by atoms with E-state index in [0.29, 0.717) is 24.4 Å². The first-order valence-electron chi connectivity index (χ1n) is 5.77. The van der Waals surface area contributed by atoms with Crippen molar-refractivity contribution < 1.29 is 13.9 Å². The van der Waals surface area contributed by atoms with Gasteiger partial charge in [0.25, 0.3) is 0 Å². The van der Waals surface area contributed by atoms with Gasteiger partial charge in [0.1, 0.15) is 5.82 Å². The molecule has 0 heterocycles. The third-order valence-corrected chi connectivity index (χ3v) is 4.17. The van der Waals surface area contributed by atoms with Crippen LogP contribution < -0.4 is 5.73 Å². The van der Waals surface area contributed by atoms with Gasteiger partial charge in [-0.1, -0.05) is 17.7 Å². The van der Waals surface area contributed by atoms with Crippen LogP contribution in [0, 0.1) is 5.82 Å². The molecule has 0 atom stereocenters. The molecule has 2 rings (SSSR count). The van der Waals surface area contributed by atoms with Gasteiger partial charge >= 0.3 is 0 Å². The number of methoxy groups -OCH3 is 2. The molecule has 18 heavy (non-hydrogen) atoms. The van der Waals surface area contributed by atoms with Crippen molar-refractivity contribution in [2.24, 2.45) is 5.73 Å². The fourth-order valence-electron chi connectivity index (χ4n) is 2.72. The zero-order valence-corrected chi connectivity index (χ0v) is 11.3. The maximum atomic E-state index is 13.1. The SMILES string of the molecule is COC1(OC)CC(CN)(c2ccc(F)cc2Cl)C1. The molecule has 0 amide bonds. The minimum Gasteiger partial charge on any atom is -0.353 e. The first kappa shape index (κ1) is 13.7. The number of halogens is 2. The second-order valence-electron chi connectivity index (χ2n) is 4.78. The number of rotatable bonds is 4. The van der Waals surface area contributed by atoms with E-state index in [1.165, 1.54) is 12.1 Å². The van der Waals surface area contributed by atoms with Crippen molar-refractivity contribution in [3.05, 3.63) is 34.6 Å². The van der Waals surface area contributed by atoms with E-state index in [1.54, 1.807) is 20.3 Å². The fourth-order valence-corrected chi connectivity index (χ4v) is 3.08. The van der Waals surface area contributed by atoms with Crippen LogP contribution in [0.5, 0.6) is 0 Å². The van der Waals surface area contributed by atoms with E-state index in [9.17, 15) is 4.39 Å². The molecule has 0 spiro atoms. The number of hydrogen-bond donors (Lipinski definition) is 1. The van der Waals surface area contributed by atoms with Crippen molar-refractivity contribution in [3.8, 4) is 0 Å².